The van der Waals surface area contributed by atoms with Gasteiger partial charge in [0.25, 0.3) is 0 Å². The second kappa shape index (κ2) is 17.8. The number of unbranched alkanes of at least 4 members (excludes halogenated alkanes) is 10. The second-order valence-corrected chi connectivity index (χ2v) is 7.08. The summed E-state index contributed by atoms with van der Waals surface area (Å²) in [6.07, 6.45) is 16.6. The third kappa shape index (κ3) is 17.6. The van der Waals surface area contributed by atoms with Crippen molar-refractivity contribution in [1.29, 1.82) is 0 Å². The summed E-state index contributed by atoms with van der Waals surface area (Å²) < 4.78 is 5.59. The fraction of sp³-hybridized carbons (Fsp3) is 0.905. The van der Waals surface area contributed by atoms with Crippen LogP contribution in [0.2, 0.25) is 0 Å². The molecule has 148 valence electrons. The van der Waals surface area contributed by atoms with Gasteiger partial charge < -0.3 is 9.84 Å². The first kappa shape index (κ1) is 23.9. The highest BCUT2D eigenvalue weighted by atomic mass is 16.5. The van der Waals surface area contributed by atoms with Crippen LogP contribution in [0.25, 0.3) is 0 Å². The Morgan fingerprint density at radius 1 is 0.760 bits per heavy atom. The van der Waals surface area contributed by atoms with Crippen molar-refractivity contribution in [3.05, 3.63) is 0 Å². The van der Waals surface area contributed by atoms with Crippen LogP contribution in [0.3, 0.4) is 0 Å². The molecule has 0 aromatic rings. The van der Waals surface area contributed by atoms with Crippen LogP contribution in [0.1, 0.15) is 117 Å². The number of carboxylic acids is 1. The van der Waals surface area contributed by atoms with Crippen molar-refractivity contribution < 1.29 is 19.4 Å². The van der Waals surface area contributed by atoms with Gasteiger partial charge in [0.1, 0.15) is 6.10 Å². The van der Waals surface area contributed by atoms with Gasteiger partial charge in [-0.3, -0.25) is 9.59 Å². The standard InChI is InChI=1S/C21H40O4/c1-3-5-6-7-8-10-13-16-19(25-21(24)4-2)17-14-11-9-12-15-18-20(22)23/h19H,3-18H2,1-2H3,(H,22,23). The molecule has 0 fully saturated rings. The summed E-state index contributed by atoms with van der Waals surface area (Å²) in [6.45, 7) is 4.08. The number of hydrogen-bond acceptors (Lipinski definition) is 3. The molecule has 4 heteroatoms. The number of carbonyl (C=O) groups is 2. The van der Waals surface area contributed by atoms with Crippen LogP contribution in [0, 0.1) is 0 Å². The van der Waals surface area contributed by atoms with Gasteiger partial charge in [0, 0.05) is 12.8 Å². The van der Waals surface area contributed by atoms with Crippen LogP contribution >= 0.6 is 0 Å². The fourth-order valence-electron chi connectivity index (χ4n) is 3.04. The van der Waals surface area contributed by atoms with E-state index in [4.69, 9.17) is 9.84 Å². The summed E-state index contributed by atoms with van der Waals surface area (Å²) in [6, 6.07) is 0. The molecule has 0 radical (unpaired) electrons. The summed E-state index contributed by atoms with van der Waals surface area (Å²) in [7, 11) is 0. The minimum Gasteiger partial charge on any atom is -0.481 e. The second-order valence-electron chi connectivity index (χ2n) is 7.08. The van der Waals surface area contributed by atoms with Gasteiger partial charge in [-0.1, -0.05) is 71.6 Å². The Morgan fingerprint density at radius 3 is 1.72 bits per heavy atom. The van der Waals surface area contributed by atoms with Gasteiger partial charge >= 0.3 is 11.9 Å². The quantitative estimate of drug-likeness (QED) is 0.232. The van der Waals surface area contributed by atoms with E-state index in [0.29, 0.717) is 6.42 Å². The molecule has 0 heterocycles. The Morgan fingerprint density at radius 2 is 1.24 bits per heavy atom. The molecule has 0 aromatic heterocycles. The highest BCUT2D eigenvalue weighted by Gasteiger charge is 2.13. The summed E-state index contributed by atoms with van der Waals surface area (Å²) >= 11 is 0. The number of carboxylic acid groups (broad SMARTS) is 1. The number of carbonyl (C=O) groups excluding carboxylic acids is 1. The zero-order valence-electron chi connectivity index (χ0n) is 16.6. The Balaban J connectivity index is 3.78. The van der Waals surface area contributed by atoms with E-state index in [2.05, 4.69) is 6.92 Å². The minimum atomic E-state index is -0.707. The van der Waals surface area contributed by atoms with Gasteiger partial charge in [-0.2, -0.15) is 0 Å². The lowest BCUT2D eigenvalue weighted by Gasteiger charge is -2.17. The smallest absolute Gasteiger partial charge is 0.305 e. The molecule has 0 aliphatic rings. The van der Waals surface area contributed by atoms with E-state index < -0.39 is 5.97 Å². The number of rotatable bonds is 18. The van der Waals surface area contributed by atoms with E-state index >= 15 is 0 Å². The molecule has 4 nitrogen and oxygen atoms in total. The SMILES string of the molecule is CCCCCCCCCC(CCCCCCCC(=O)O)OC(=O)CC. The van der Waals surface area contributed by atoms with Crippen molar-refractivity contribution in [2.24, 2.45) is 0 Å². The van der Waals surface area contributed by atoms with Crippen LogP contribution in [0.4, 0.5) is 0 Å². The van der Waals surface area contributed by atoms with Gasteiger partial charge in [0.2, 0.25) is 0 Å². The van der Waals surface area contributed by atoms with Crippen LogP contribution in [0.15, 0.2) is 0 Å². The largest absolute Gasteiger partial charge is 0.481 e. The van der Waals surface area contributed by atoms with Crippen molar-refractivity contribution in [3.8, 4) is 0 Å². The average molecular weight is 357 g/mol. The molecule has 1 atom stereocenters. The van der Waals surface area contributed by atoms with E-state index in [1.54, 1.807) is 0 Å². The predicted octanol–water partition coefficient (Wildman–Crippen LogP) is 6.26. The average Bonchev–Trinajstić information content (AvgIpc) is 2.59. The van der Waals surface area contributed by atoms with Crippen LogP contribution in [0.5, 0.6) is 0 Å². The van der Waals surface area contributed by atoms with Gasteiger partial charge in [0.05, 0.1) is 0 Å². The first-order valence-corrected chi connectivity index (χ1v) is 10.5. The lowest BCUT2D eigenvalue weighted by atomic mass is 10.0. The molecule has 0 amide bonds. The first-order chi connectivity index (χ1) is 12.1. The molecule has 0 aliphatic heterocycles. The molecular weight excluding hydrogens is 316 g/mol. The number of hydrogen-bond donors (Lipinski definition) is 1. The third-order valence-electron chi connectivity index (χ3n) is 4.63. The molecule has 0 saturated heterocycles. The number of ether oxygens (including phenoxy) is 1. The molecular formula is C21H40O4. The van der Waals surface area contributed by atoms with E-state index in [9.17, 15) is 9.59 Å². The summed E-state index contributed by atoms with van der Waals surface area (Å²) in [5.41, 5.74) is 0. The van der Waals surface area contributed by atoms with Crippen molar-refractivity contribution in [2.75, 3.05) is 0 Å². The zero-order valence-corrected chi connectivity index (χ0v) is 16.6. The summed E-state index contributed by atoms with van der Waals surface area (Å²) in [5, 5.41) is 8.61. The Kier molecular flexibility index (Phi) is 17.0. The number of aliphatic carboxylic acids is 1. The predicted molar refractivity (Wildman–Crippen MR) is 103 cm³/mol. The van der Waals surface area contributed by atoms with E-state index in [-0.39, 0.29) is 18.5 Å². The summed E-state index contributed by atoms with van der Waals surface area (Å²) in [4.78, 5) is 22.0. The van der Waals surface area contributed by atoms with Crippen LogP contribution in [-0.2, 0) is 14.3 Å². The molecule has 0 rings (SSSR count). The fourth-order valence-corrected chi connectivity index (χ4v) is 3.04. The van der Waals surface area contributed by atoms with Gasteiger partial charge in [-0.15, -0.1) is 0 Å². The van der Waals surface area contributed by atoms with Gasteiger partial charge in [0.15, 0.2) is 0 Å². The third-order valence-corrected chi connectivity index (χ3v) is 4.63. The van der Waals surface area contributed by atoms with Gasteiger partial charge in [-0.05, 0) is 32.1 Å². The Hall–Kier alpha value is -1.06. The van der Waals surface area contributed by atoms with E-state index in [0.717, 1.165) is 51.4 Å². The molecule has 25 heavy (non-hydrogen) atoms. The highest BCUT2D eigenvalue weighted by Crippen LogP contribution is 2.17. The molecule has 0 aromatic carbocycles. The molecule has 1 N–H and O–H groups in total. The zero-order chi connectivity index (χ0) is 18.8. The normalized spacial score (nSPS) is 12.1. The summed E-state index contributed by atoms with van der Waals surface area (Å²) in [5.74, 6) is -0.796. The number of esters is 1. The Labute approximate surface area is 154 Å². The van der Waals surface area contributed by atoms with Crippen LogP contribution < -0.4 is 0 Å². The maximum absolute atomic E-state index is 11.6. The van der Waals surface area contributed by atoms with Gasteiger partial charge in [-0.25, -0.2) is 0 Å². The monoisotopic (exact) mass is 356 g/mol. The topological polar surface area (TPSA) is 63.6 Å². The van der Waals surface area contributed by atoms with Crippen molar-refractivity contribution >= 4 is 11.9 Å². The highest BCUT2D eigenvalue weighted by molar-refractivity contribution is 5.69. The Bertz CT molecular complexity index is 328. The molecule has 1 unspecified atom stereocenters. The van der Waals surface area contributed by atoms with Crippen LogP contribution in [-0.4, -0.2) is 23.1 Å². The molecule has 0 spiro atoms. The maximum atomic E-state index is 11.6. The lowest BCUT2D eigenvalue weighted by Crippen LogP contribution is -2.17. The lowest BCUT2D eigenvalue weighted by molar-refractivity contribution is -0.149. The molecule has 0 bridgehead atoms. The molecule has 0 saturated carbocycles. The van der Waals surface area contributed by atoms with Crippen molar-refractivity contribution in [2.45, 2.75) is 123 Å². The minimum absolute atomic E-state index is 0.0714. The van der Waals surface area contributed by atoms with Crippen molar-refractivity contribution in [1.82, 2.24) is 0 Å². The molecule has 0 aliphatic carbocycles. The van der Waals surface area contributed by atoms with E-state index in [1.165, 1.54) is 38.5 Å². The maximum Gasteiger partial charge on any atom is 0.305 e. The van der Waals surface area contributed by atoms with E-state index in [1.807, 2.05) is 6.92 Å². The van der Waals surface area contributed by atoms with Crippen molar-refractivity contribution in [3.63, 3.8) is 0 Å². The first-order valence-electron chi connectivity index (χ1n) is 10.5.